The Morgan fingerprint density at radius 3 is 2.50 bits per heavy atom. The van der Waals surface area contributed by atoms with E-state index in [0.717, 1.165) is 27.6 Å². The normalized spacial score (nSPS) is 35.4. The van der Waals surface area contributed by atoms with Crippen LogP contribution in [-0.2, 0) is 0 Å². The van der Waals surface area contributed by atoms with Crippen LogP contribution in [0.4, 0.5) is 0 Å². The second-order valence-corrected chi connectivity index (χ2v) is 8.71. The second kappa shape index (κ2) is 7.20. The van der Waals surface area contributed by atoms with Gasteiger partial charge in [0.1, 0.15) is 0 Å². The molecule has 0 N–H and O–H groups in total. The van der Waals surface area contributed by atoms with Crippen LogP contribution in [0.25, 0.3) is 0 Å². The van der Waals surface area contributed by atoms with Crippen LogP contribution < -0.4 is 0 Å². The van der Waals surface area contributed by atoms with Crippen LogP contribution in [0, 0.1) is 11.8 Å². The Labute approximate surface area is 111 Å². The number of thioether (sulfide) groups is 2. The summed E-state index contributed by atoms with van der Waals surface area (Å²) in [5.41, 5.74) is 0. The van der Waals surface area contributed by atoms with E-state index in [4.69, 9.17) is 0 Å². The lowest BCUT2D eigenvalue weighted by Crippen LogP contribution is -2.20. The fraction of sp³-hybridized carbons (Fsp3) is 1.00. The maximum Gasteiger partial charge on any atom is 0.0166 e. The summed E-state index contributed by atoms with van der Waals surface area (Å²) in [6.45, 7) is 12.0. The zero-order chi connectivity index (χ0) is 12.1. The first kappa shape index (κ1) is 14.8. The van der Waals surface area contributed by atoms with Crippen molar-refractivity contribution in [2.45, 2.75) is 69.6 Å². The summed E-state index contributed by atoms with van der Waals surface area (Å²) in [4.78, 5) is 0. The topological polar surface area (TPSA) is 0 Å². The Balaban J connectivity index is 2.45. The average molecular weight is 261 g/mol. The largest absolute Gasteiger partial charge is 0.157 e. The number of hydrogen-bond donors (Lipinski definition) is 0. The molecule has 0 aromatic carbocycles. The van der Waals surface area contributed by atoms with E-state index in [1.54, 1.807) is 0 Å². The molecule has 0 aliphatic carbocycles. The van der Waals surface area contributed by atoms with E-state index in [9.17, 15) is 0 Å². The molecule has 16 heavy (non-hydrogen) atoms. The Kier molecular flexibility index (Phi) is 6.65. The highest BCUT2D eigenvalue weighted by molar-refractivity contribution is 8.04. The first-order chi connectivity index (χ1) is 7.52. The Bertz CT molecular complexity index is 193. The van der Waals surface area contributed by atoms with Crippen LogP contribution in [-0.4, -0.2) is 21.5 Å². The predicted molar refractivity (Wildman–Crippen MR) is 80.6 cm³/mol. The van der Waals surface area contributed by atoms with Gasteiger partial charge in [-0.2, -0.15) is 23.5 Å². The summed E-state index contributed by atoms with van der Waals surface area (Å²) in [6, 6.07) is 0. The van der Waals surface area contributed by atoms with Crippen LogP contribution in [0.2, 0.25) is 0 Å². The average Bonchev–Trinajstić information content (AvgIpc) is 2.39. The first-order valence-corrected chi connectivity index (χ1v) is 8.79. The van der Waals surface area contributed by atoms with E-state index < -0.39 is 0 Å². The highest BCUT2D eigenvalue weighted by Crippen LogP contribution is 2.37. The number of rotatable bonds is 4. The molecule has 0 bridgehead atoms. The molecule has 0 saturated carbocycles. The molecule has 1 aliphatic rings. The van der Waals surface area contributed by atoms with E-state index >= 15 is 0 Å². The minimum atomic E-state index is 0.826. The van der Waals surface area contributed by atoms with Crippen molar-refractivity contribution in [3.8, 4) is 0 Å². The second-order valence-electron chi connectivity index (χ2n) is 5.61. The fourth-order valence-electron chi connectivity index (χ4n) is 2.48. The molecule has 1 rings (SSSR count). The molecular formula is C14H28S2. The molecule has 2 heteroatoms. The van der Waals surface area contributed by atoms with Gasteiger partial charge in [-0.25, -0.2) is 0 Å². The van der Waals surface area contributed by atoms with E-state index in [2.05, 4.69) is 58.1 Å². The van der Waals surface area contributed by atoms with Gasteiger partial charge in [-0.05, 0) is 36.9 Å². The van der Waals surface area contributed by atoms with Crippen molar-refractivity contribution in [3.63, 3.8) is 0 Å². The smallest absolute Gasteiger partial charge is 0.0166 e. The molecular weight excluding hydrogens is 232 g/mol. The minimum absolute atomic E-state index is 0.826. The quantitative estimate of drug-likeness (QED) is 0.692. The Morgan fingerprint density at radius 2 is 1.88 bits per heavy atom. The minimum Gasteiger partial charge on any atom is -0.157 e. The lowest BCUT2D eigenvalue weighted by Gasteiger charge is -2.25. The third kappa shape index (κ3) is 4.91. The third-order valence-corrected chi connectivity index (χ3v) is 7.10. The molecule has 1 aliphatic heterocycles. The lowest BCUT2D eigenvalue weighted by molar-refractivity contribution is 0.426. The van der Waals surface area contributed by atoms with Gasteiger partial charge in [-0.15, -0.1) is 0 Å². The molecule has 0 spiro atoms. The molecule has 0 aromatic rings. The van der Waals surface area contributed by atoms with Gasteiger partial charge in [-0.3, -0.25) is 0 Å². The van der Waals surface area contributed by atoms with Gasteiger partial charge in [0.05, 0.1) is 0 Å². The summed E-state index contributed by atoms with van der Waals surface area (Å²) in [5.74, 6) is 3.22. The van der Waals surface area contributed by atoms with Crippen LogP contribution >= 0.6 is 23.5 Å². The lowest BCUT2D eigenvalue weighted by atomic mass is 9.94. The first-order valence-electron chi connectivity index (χ1n) is 6.80. The highest BCUT2D eigenvalue weighted by Gasteiger charge is 2.26. The van der Waals surface area contributed by atoms with Gasteiger partial charge in [0, 0.05) is 15.7 Å². The predicted octanol–water partition coefficient (Wildman–Crippen LogP) is 5.07. The van der Waals surface area contributed by atoms with Crippen molar-refractivity contribution < 1.29 is 0 Å². The summed E-state index contributed by atoms with van der Waals surface area (Å²) in [5, 5.41) is 2.54. The van der Waals surface area contributed by atoms with E-state index in [0.29, 0.717) is 0 Å². The Morgan fingerprint density at radius 1 is 1.19 bits per heavy atom. The maximum absolute atomic E-state index is 2.44. The van der Waals surface area contributed by atoms with Gasteiger partial charge in [0.15, 0.2) is 0 Å². The van der Waals surface area contributed by atoms with E-state index in [-0.39, 0.29) is 0 Å². The zero-order valence-electron chi connectivity index (χ0n) is 11.5. The Hall–Kier alpha value is 0.700. The van der Waals surface area contributed by atoms with Crippen molar-refractivity contribution >= 4 is 23.5 Å². The van der Waals surface area contributed by atoms with E-state index in [1.165, 1.54) is 25.0 Å². The van der Waals surface area contributed by atoms with Crippen LogP contribution in [0.5, 0.6) is 0 Å². The van der Waals surface area contributed by atoms with Gasteiger partial charge in [0.2, 0.25) is 0 Å². The molecule has 1 fully saturated rings. The zero-order valence-corrected chi connectivity index (χ0v) is 13.2. The van der Waals surface area contributed by atoms with E-state index in [1.807, 2.05) is 0 Å². The van der Waals surface area contributed by atoms with Crippen LogP contribution in [0.15, 0.2) is 0 Å². The molecule has 0 radical (unpaired) electrons. The monoisotopic (exact) mass is 260 g/mol. The standard InChI is InChI=1S/C14H28S2/c1-6-12(4)16-13(5)14-8-10(2)7-11(3)9-15-14/h10-14H,6-9H2,1-5H3. The third-order valence-electron chi connectivity index (χ3n) is 3.58. The summed E-state index contributed by atoms with van der Waals surface area (Å²) >= 11 is 4.43. The maximum atomic E-state index is 2.44. The number of hydrogen-bond acceptors (Lipinski definition) is 2. The van der Waals surface area contributed by atoms with Gasteiger partial charge >= 0.3 is 0 Å². The van der Waals surface area contributed by atoms with Crippen molar-refractivity contribution in [2.24, 2.45) is 11.8 Å². The van der Waals surface area contributed by atoms with Gasteiger partial charge in [-0.1, -0.05) is 34.6 Å². The van der Waals surface area contributed by atoms with Crippen molar-refractivity contribution in [2.75, 3.05) is 5.75 Å². The van der Waals surface area contributed by atoms with Crippen LogP contribution in [0.1, 0.15) is 53.9 Å². The molecule has 96 valence electrons. The van der Waals surface area contributed by atoms with Crippen molar-refractivity contribution in [3.05, 3.63) is 0 Å². The van der Waals surface area contributed by atoms with Gasteiger partial charge < -0.3 is 0 Å². The van der Waals surface area contributed by atoms with Crippen LogP contribution in [0.3, 0.4) is 0 Å². The molecule has 1 heterocycles. The summed E-state index contributed by atoms with van der Waals surface area (Å²) in [7, 11) is 0. The van der Waals surface area contributed by atoms with Crippen molar-refractivity contribution in [1.82, 2.24) is 0 Å². The molecule has 1 saturated heterocycles. The SMILES string of the molecule is CCC(C)SC(C)C1CC(C)CC(C)CS1. The molecule has 0 amide bonds. The molecule has 5 unspecified atom stereocenters. The van der Waals surface area contributed by atoms with Crippen molar-refractivity contribution in [1.29, 1.82) is 0 Å². The fourth-order valence-corrected chi connectivity index (χ4v) is 5.57. The molecule has 5 atom stereocenters. The summed E-state index contributed by atoms with van der Waals surface area (Å²) in [6.07, 6.45) is 4.17. The highest BCUT2D eigenvalue weighted by atomic mass is 32.2. The molecule has 0 nitrogen and oxygen atoms in total. The van der Waals surface area contributed by atoms with Gasteiger partial charge in [0.25, 0.3) is 0 Å². The summed E-state index contributed by atoms with van der Waals surface area (Å²) < 4.78 is 0. The molecule has 0 aromatic heterocycles.